The molecule has 74 valence electrons. The normalized spacial score (nSPS) is 11.2. The molecule has 0 aromatic carbocycles. The molecule has 1 heterocycles. The second-order valence-corrected chi connectivity index (χ2v) is 3.77. The zero-order valence-electron chi connectivity index (χ0n) is 7.51. The maximum absolute atomic E-state index is 7.77. The molecule has 0 spiro atoms. The van der Waals surface area contributed by atoms with Gasteiger partial charge in [0, 0.05) is 25.0 Å². The molecule has 0 atom stereocenters. The first-order valence-corrected chi connectivity index (χ1v) is 5.06. The van der Waals surface area contributed by atoms with Gasteiger partial charge < -0.3 is 5.32 Å². The molecular formula is C9H9BrClN3. The molecule has 1 aromatic heterocycles. The van der Waals surface area contributed by atoms with E-state index in [0.29, 0.717) is 20.9 Å². The molecule has 0 saturated carbocycles. The van der Waals surface area contributed by atoms with E-state index in [1.807, 2.05) is 0 Å². The Hall–Kier alpha value is -0.870. The van der Waals surface area contributed by atoms with Crippen LogP contribution in [0.2, 0.25) is 5.15 Å². The van der Waals surface area contributed by atoms with Crippen LogP contribution in [0, 0.1) is 5.41 Å². The number of aromatic nitrogens is 1. The van der Waals surface area contributed by atoms with E-state index in [-0.39, 0.29) is 0 Å². The van der Waals surface area contributed by atoms with Crippen molar-refractivity contribution in [3.8, 4) is 0 Å². The number of nitrogens with zero attached hydrogens (tertiary/aromatic N) is 1. The highest BCUT2D eigenvalue weighted by atomic mass is 79.9. The molecule has 3 nitrogen and oxygen atoms in total. The Morgan fingerprint density at radius 2 is 2.36 bits per heavy atom. The summed E-state index contributed by atoms with van der Waals surface area (Å²) < 4.78 is 0.670. The molecule has 0 saturated heterocycles. The largest absolute Gasteiger partial charge is 0.393 e. The van der Waals surface area contributed by atoms with Gasteiger partial charge in [0.2, 0.25) is 0 Å². The van der Waals surface area contributed by atoms with E-state index in [1.165, 1.54) is 0 Å². The highest BCUT2D eigenvalue weighted by Crippen LogP contribution is 2.13. The first-order chi connectivity index (χ1) is 6.65. The van der Waals surface area contributed by atoms with Crippen molar-refractivity contribution in [1.82, 2.24) is 10.3 Å². The number of pyridine rings is 1. The summed E-state index contributed by atoms with van der Waals surface area (Å²) in [6.07, 6.45) is 3.26. The summed E-state index contributed by atoms with van der Waals surface area (Å²) in [5, 5.41) is 11.0. The topological polar surface area (TPSA) is 48.8 Å². The zero-order valence-corrected chi connectivity index (χ0v) is 9.85. The van der Waals surface area contributed by atoms with Crippen molar-refractivity contribution in [2.45, 2.75) is 0 Å². The minimum Gasteiger partial charge on any atom is -0.393 e. The Morgan fingerprint density at radius 1 is 1.64 bits per heavy atom. The number of allylic oxidation sites excluding steroid dienone is 1. The lowest BCUT2D eigenvalue weighted by Gasteiger charge is -2.02. The lowest BCUT2D eigenvalue weighted by Crippen LogP contribution is -2.03. The van der Waals surface area contributed by atoms with Gasteiger partial charge in [-0.2, -0.15) is 0 Å². The van der Waals surface area contributed by atoms with Crippen molar-refractivity contribution >= 4 is 33.2 Å². The molecular weight excluding hydrogens is 265 g/mol. The van der Waals surface area contributed by atoms with Gasteiger partial charge in [0.1, 0.15) is 5.15 Å². The molecule has 0 amide bonds. The Kier molecular flexibility index (Phi) is 4.10. The van der Waals surface area contributed by atoms with E-state index in [0.717, 1.165) is 0 Å². The van der Waals surface area contributed by atoms with Crippen LogP contribution in [0.1, 0.15) is 5.56 Å². The Balaban J connectivity index is 2.90. The van der Waals surface area contributed by atoms with Gasteiger partial charge in [-0.3, -0.25) is 5.41 Å². The third-order valence-electron chi connectivity index (χ3n) is 1.53. The van der Waals surface area contributed by atoms with Gasteiger partial charge in [0.05, 0.1) is 10.2 Å². The number of halogens is 2. The van der Waals surface area contributed by atoms with Gasteiger partial charge >= 0.3 is 0 Å². The highest BCUT2D eigenvalue weighted by molar-refractivity contribution is 9.12. The van der Waals surface area contributed by atoms with E-state index >= 15 is 0 Å². The minimum atomic E-state index is 0.364. The second-order valence-electron chi connectivity index (χ2n) is 2.53. The second kappa shape index (κ2) is 5.12. The standard InChI is InChI=1S/C9H9BrClN3/c1-13-5-7(10)9(12)6-2-3-8(11)14-4-6/h2-5,12-13H,1H3/b7-5+,12-9?. The predicted molar refractivity (Wildman–Crippen MR) is 62.1 cm³/mol. The maximum atomic E-state index is 7.77. The van der Waals surface area contributed by atoms with Crippen LogP contribution in [0.5, 0.6) is 0 Å². The number of nitrogens with one attached hydrogen (secondary N) is 2. The van der Waals surface area contributed by atoms with Crippen LogP contribution in [0.3, 0.4) is 0 Å². The summed E-state index contributed by atoms with van der Waals surface area (Å²) in [6, 6.07) is 3.41. The van der Waals surface area contributed by atoms with Crippen LogP contribution < -0.4 is 5.32 Å². The van der Waals surface area contributed by atoms with Gasteiger partial charge in [0.15, 0.2) is 0 Å². The molecule has 5 heteroatoms. The highest BCUT2D eigenvalue weighted by Gasteiger charge is 2.04. The van der Waals surface area contributed by atoms with Crippen molar-refractivity contribution in [1.29, 1.82) is 5.41 Å². The molecule has 14 heavy (non-hydrogen) atoms. The van der Waals surface area contributed by atoms with Crippen molar-refractivity contribution in [3.63, 3.8) is 0 Å². The number of hydrogen-bond acceptors (Lipinski definition) is 3. The van der Waals surface area contributed by atoms with Crippen LogP contribution in [0.15, 0.2) is 29.0 Å². The first-order valence-electron chi connectivity index (χ1n) is 3.89. The average molecular weight is 275 g/mol. The van der Waals surface area contributed by atoms with Crippen molar-refractivity contribution in [2.75, 3.05) is 7.05 Å². The molecule has 1 aromatic rings. The SMILES string of the molecule is CN/C=C(/Br)C(=N)c1ccc(Cl)nc1. The van der Waals surface area contributed by atoms with Gasteiger partial charge in [-0.1, -0.05) is 11.6 Å². The Morgan fingerprint density at radius 3 is 2.86 bits per heavy atom. The number of hydrogen-bond donors (Lipinski definition) is 2. The average Bonchev–Trinajstić information content (AvgIpc) is 2.18. The maximum Gasteiger partial charge on any atom is 0.129 e. The lowest BCUT2D eigenvalue weighted by molar-refractivity contribution is 1.10. The fourth-order valence-electron chi connectivity index (χ4n) is 0.860. The van der Waals surface area contributed by atoms with Gasteiger partial charge in [-0.15, -0.1) is 0 Å². The van der Waals surface area contributed by atoms with E-state index in [1.54, 1.807) is 31.6 Å². The smallest absolute Gasteiger partial charge is 0.129 e. The third-order valence-corrected chi connectivity index (χ3v) is 2.37. The summed E-state index contributed by atoms with van der Waals surface area (Å²) in [6.45, 7) is 0. The van der Waals surface area contributed by atoms with Gasteiger partial charge in [-0.25, -0.2) is 4.98 Å². The molecule has 1 rings (SSSR count). The van der Waals surface area contributed by atoms with Crippen LogP contribution in [-0.4, -0.2) is 17.7 Å². The monoisotopic (exact) mass is 273 g/mol. The van der Waals surface area contributed by atoms with Crippen molar-refractivity contribution in [2.24, 2.45) is 0 Å². The summed E-state index contributed by atoms with van der Waals surface area (Å²) in [5.74, 6) is 0. The molecule has 0 aliphatic rings. The van der Waals surface area contributed by atoms with E-state index in [4.69, 9.17) is 17.0 Å². The number of rotatable bonds is 3. The predicted octanol–water partition coefficient (Wildman–Crippen LogP) is 2.56. The Labute approximate surface area is 95.8 Å². The van der Waals surface area contributed by atoms with E-state index in [2.05, 4.69) is 26.2 Å². The molecule has 2 N–H and O–H groups in total. The fourth-order valence-corrected chi connectivity index (χ4v) is 1.43. The minimum absolute atomic E-state index is 0.364. The summed E-state index contributed by atoms with van der Waals surface area (Å²) in [7, 11) is 1.77. The molecule has 0 fully saturated rings. The summed E-state index contributed by atoms with van der Waals surface area (Å²) >= 11 is 8.91. The van der Waals surface area contributed by atoms with Crippen LogP contribution in [0.25, 0.3) is 0 Å². The van der Waals surface area contributed by atoms with Crippen molar-refractivity contribution < 1.29 is 0 Å². The molecule has 0 radical (unpaired) electrons. The lowest BCUT2D eigenvalue weighted by atomic mass is 10.2. The molecule has 0 unspecified atom stereocenters. The summed E-state index contributed by atoms with van der Waals surface area (Å²) in [4.78, 5) is 3.90. The van der Waals surface area contributed by atoms with Crippen LogP contribution in [-0.2, 0) is 0 Å². The molecule has 0 aliphatic carbocycles. The van der Waals surface area contributed by atoms with Crippen LogP contribution in [0.4, 0.5) is 0 Å². The fraction of sp³-hybridized carbons (Fsp3) is 0.111. The summed E-state index contributed by atoms with van der Waals surface area (Å²) in [5.41, 5.74) is 1.08. The van der Waals surface area contributed by atoms with Crippen molar-refractivity contribution in [3.05, 3.63) is 39.7 Å². The van der Waals surface area contributed by atoms with Crippen LogP contribution >= 0.6 is 27.5 Å². The Bertz CT molecular complexity index is 359. The third kappa shape index (κ3) is 2.82. The van der Waals surface area contributed by atoms with Gasteiger partial charge in [0.25, 0.3) is 0 Å². The quantitative estimate of drug-likeness (QED) is 0.657. The zero-order chi connectivity index (χ0) is 10.6. The van der Waals surface area contributed by atoms with E-state index < -0.39 is 0 Å². The van der Waals surface area contributed by atoms with E-state index in [9.17, 15) is 0 Å². The molecule has 0 bridgehead atoms. The van der Waals surface area contributed by atoms with Gasteiger partial charge in [-0.05, 0) is 28.1 Å². The molecule has 0 aliphatic heterocycles. The first kappa shape index (κ1) is 11.2.